The van der Waals surface area contributed by atoms with Crippen molar-refractivity contribution in [3.05, 3.63) is 28.2 Å². The van der Waals surface area contributed by atoms with Crippen LogP contribution in [-0.4, -0.2) is 26.0 Å². The number of nitrogens with one attached hydrogen (secondary N) is 1. The Morgan fingerprint density at radius 3 is 2.52 bits per heavy atom. The molecule has 0 saturated heterocycles. The summed E-state index contributed by atoms with van der Waals surface area (Å²) in [6.07, 6.45) is 0.423. The van der Waals surface area contributed by atoms with Crippen LogP contribution in [0.25, 0.3) is 0 Å². The van der Waals surface area contributed by atoms with E-state index in [0.29, 0.717) is 10.9 Å². The van der Waals surface area contributed by atoms with E-state index in [-0.39, 0.29) is 17.4 Å². The third-order valence-corrected chi connectivity index (χ3v) is 5.85. The highest BCUT2D eigenvalue weighted by Gasteiger charge is 2.24. The molecule has 1 unspecified atom stereocenters. The zero-order valence-electron chi connectivity index (χ0n) is 12.3. The van der Waals surface area contributed by atoms with E-state index < -0.39 is 21.9 Å². The van der Waals surface area contributed by atoms with E-state index in [4.69, 9.17) is 5.11 Å². The van der Waals surface area contributed by atoms with Gasteiger partial charge in [0.05, 0.1) is 10.8 Å². The Hall–Kier alpha value is -0.920. The molecule has 0 fully saturated rings. The van der Waals surface area contributed by atoms with Crippen LogP contribution in [0.1, 0.15) is 25.8 Å². The van der Waals surface area contributed by atoms with E-state index in [9.17, 15) is 13.2 Å². The van der Waals surface area contributed by atoms with E-state index in [2.05, 4.69) is 20.7 Å². The molecule has 0 aliphatic heterocycles. The van der Waals surface area contributed by atoms with Crippen molar-refractivity contribution in [1.82, 2.24) is 4.72 Å². The normalized spacial score (nSPS) is 13.4. The number of carboxylic acids is 1. The predicted molar refractivity (Wildman–Crippen MR) is 84.6 cm³/mol. The monoisotopic (exact) mass is 377 g/mol. The number of halogens is 1. The number of aliphatic carboxylic acids is 1. The second-order valence-corrected chi connectivity index (χ2v) is 7.93. The molecule has 2 N–H and O–H groups in total. The maximum atomic E-state index is 12.3. The molecule has 0 spiro atoms. The Morgan fingerprint density at radius 1 is 1.38 bits per heavy atom. The summed E-state index contributed by atoms with van der Waals surface area (Å²) in [5, 5.41) is 9.14. The van der Waals surface area contributed by atoms with Crippen molar-refractivity contribution >= 4 is 31.9 Å². The van der Waals surface area contributed by atoms with E-state index >= 15 is 0 Å². The maximum Gasteiger partial charge on any atom is 0.307 e. The second kappa shape index (κ2) is 7.38. The van der Waals surface area contributed by atoms with Gasteiger partial charge >= 0.3 is 5.97 Å². The van der Waals surface area contributed by atoms with Crippen LogP contribution < -0.4 is 4.72 Å². The summed E-state index contributed by atoms with van der Waals surface area (Å²) in [5.74, 6) is -1.54. The number of hydrogen-bond donors (Lipinski definition) is 2. The first-order chi connectivity index (χ1) is 9.65. The molecule has 0 amide bonds. The minimum Gasteiger partial charge on any atom is -0.481 e. The molecule has 0 saturated carbocycles. The van der Waals surface area contributed by atoms with Crippen LogP contribution in [0.5, 0.6) is 0 Å². The number of sulfonamides is 1. The summed E-state index contributed by atoms with van der Waals surface area (Å²) in [5.41, 5.74) is 0.801. The molecule has 0 aliphatic carbocycles. The number of benzene rings is 1. The lowest BCUT2D eigenvalue weighted by molar-refractivity contribution is -0.142. The van der Waals surface area contributed by atoms with Crippen molar-refractivity contribution in [2.24, 2.45) is 11.8 Å². The fourth-order valence-electron chi connectivity index (χ4n) is 1.96. The molecule has 118 valence electrons. The van der Waals surface area contributed by atoms with Gasteiger partial charge in [-0.05, 0) is 46.8 Å². The first-order valence-electron chi connectivity index (χ1n) is 6.62. The van der Waals surface area contributed by atoms with Crippen LogP contribution in [0.2, 0.25) is 0 Å². The second-order valence-electron chi connectivity index (χ2n) is 5.40. The lowest BCUT2D eigenvalue weighted by Gasteiger charge is -2.16. The molecule has 7 heteroatoms. The average Bonchev–Trinajstić information content (AvgIpc) is 2.36. The van der Waals surface area contributed by atoms with Gasteiger partial charge in [-0.15, -0.1) is 0 Å². The molecule has 0 heterocycles. The third-order valence-electron chi connectivity index (χ3n) is 3.07. The molecule has 1 aromatic rings. The maximum absolute atomic E-state index is 12.3. The summed E-state index contributed by atoms with van der Waals surface area (Å²) >= 11 is 3.26. The number of carboxylic acid groups (broad SMARTS) is 1. The molecule has 1 aromatic carbocycles. The van der Waals surface area contributed by atoms with Gasteiger partial charge in [-0.1, -0.05) is 26.0 Å². The third kappa shape index (κ3) is 5.09. The largest absolute Gasteiger partial charge is 0.481 e. The summed E-state index contributed by atoms with van der Waals surface area (Å²) < 4.78 is 27.5. The van der Waals surface area contributed by atoms with E-state index in [0.717, 1.165) is 5.56 Å². The predicted octanol–water partition coefficient (Wildman–Crippen LogP) is 2.78. The molecule has 1 rings (SSSR count). The minimum absolute atomic E-state index is 0.115. The van der Waals surface area contributed by atoms with Crippen LogP contribution >= 0.6 is 15.9 Å². The van der Waals surface area contributed by atoms with Gasteiger partial charge in [0.15, 0.2) is 0 Å². The molecule has 5 nitrogen and oxygen atoms in total. The van der Waals surface area contributed by atoms with Crippen molar-refractivity contribution in [3.63, 3.8) is 0 Å². The van der Waals surface area contributed by atoms with E-state index in [1.54, 1.807) is 19.1 Å². The van der Waals surface area contributed by atoms with Crippen molar-refractivity contribution in [3.8, 4) is 0 Å². The fourth-order valence-corrected chi connectivity index (χ4v) is 4.09. The molecule has 21 heavy (non-hydrogen) atoms. The van der Waals surface area contributed by atoms with Gasteiger partial charge in [0.2, 0.25) is 10.0 Å². The lowest BCUT2D eigenvalue weighted by atomic mass is 9.98. The van der Waals surface area contributed by atoms with Gasteiger partial charge in [0, 0.05) is 11.0 Å². The SMILES string of the molecule is Cc1cccc(S(=O)(=O)NCC(CC(C)C)C(=O)O)c1Br. The number of rotatable bonds is 7. The van der Waals surface area contributed by atoms with Gasteiger partial charge in [-0.2, -0.15) is 0 Å². The Bertz CT molecular complexity index is 613. The van der Waals surface area contributed by atoms with Crippen molar-refractivity contribution in [1.29, 1.82) is 0 Å². The zero-order valence-corrected chi connectivity index (χ0v) is 14.7. The molecule has 0 aromatic heterocycles. The van der Waals surface area contributed by atoms with Crippen LogP contribution in [0, 0.1) is 18.8 Å². The molecular formula is C14H20BrNO4S. The first kappa shape index (κ1) is 18.1. The van der Waals surface area contributed by atoms with Crippen LogP contribution in [0.4, 0.5) is 0 Å². The smallest absolute Gasteiger partial charge is 0.307 e. The number of hydrogen-bond acceptors (Lipinski definition) is 3. The molecular weight excluding hydrogens is 358 g/mol. The Labute approximate surface area is 133 Å². The van der Waals surface area contributed by atoms with Crippen molar-refractivity contribution in [2.75, 3.05) is 6.54 Å². The topological polar surface area (TPSA) is 83.5 Å². The molecule has 0 aliphatic rings. The van der Waals surface area contributed by atoms with Crippen LogP contribution in [-0.2, 0) is 14.8 Å². The Kier molecular flexibility index (Phi) is 6.37. The fraction of sp³-hybridized carbons (Fsp3) is 0.500. The summed E-state index contributed by atoms with van der Waals surface area (Å²) in [6.45, 7) is 5.49. The van der Waals surface area contributed by atoms with E-state index in [1.165, 1.54) is 6.07 Å². The average molecular weight is 378 g/mol. The first-order valence-corrected chi connectivity index (χ1v) is 8.90. The Balaban J connectivity index is 2.90. The highest BCUT2D eigenvalue weighted by molar-refractivity contribution is 9.10. The highest BCUT2D eigenvalue weighted by atomic mass is 79.9. The van der Waals surface area contributed by atoms with Gasteiger partial charge in [-0.25, -0.2) is 13.1 Å². The summed E-state index contributed by atoms with van der Waals surface area (Å²) in [7, 11) is -3.74. The zero-order chi connectivity index (χ0) is 16.2. The molecule has 0 radical (unpaired) electrons. The Morgan fingerprint density at radius 2 is 2.00 bits per heavy atom. The molecule has 0 bridgehead atoms. The number of aryl methyl sites for hydroxylation is 1. The van der Waals surface area contributed by atoms with Crippen LogP contribution in [0.3, 0.4) is 0 Å². The quantitative estimate of drug-likeness (QED) is 0.764. The lowest BCUT2D eigenvalue weighted by Crippen LogP contribution is -2.33. The van der Waals surface area contributed by atoms with Gasteiger partial charge in [0.1, 0.15) is 0 Å². The van der Waals surface area contributed by atoms with Gasteiger partial charge in [0.25, 0.3) is 0 Å². The van der Waals surface area contributed by atoms with Crippen LogP contribution in [0.15, 0.2) is 27.6 Å². The van der Waals surface area contributed by atoms with E-state index in [1.807, 2.05) is 13.8 Å². The van der Waals surface area contributed by atoms with Gasteiger partial charge in [-0.3, -0.25) is 4.79 Å². The van der Waals surface area contributed by atoms with Crippen molar-refractivity contribution < 1.29 is 18.3 Å². The summed E-state index contributed by atoms with van der Waals surface area (Å²) in [4.78, 5) is 11.3. The highest BCUT2D eigenvalue weighted by Crippen LogP contribution is 2.25. The standard InChI is InChI=1S/C14H20BrNO4S/c1-9(2)7-11(14(17)18)8-16-21(19,20)12-6-4-5-10(3)13(12)15/h4-6,9,11,16H,7-8H2,1-3H3,(H,17,18). The van der Waals surface area contributed by atoms with Crippen molar-refractivity contribution in [2.45, 2.75) is 32.1 Å². The summed E-state index contributed by atoms with van der Waals surface area (Å²) in [6, 6.07) is 4.93. The van der Waals surface area contributed by atoms with Gasteiger partial charge < -0.3 is 5.11 Å². The minimum atomic E-state index is -3.74. The molecule has 1 atom stereocenters. The number of carbonyl (C=O) groups is 1.